The minimum absolute atomic E-state index is 0.0387. The van der Waals surface area contributed by atoms with Gasteiger partial charge >= 0.3 is 0 Å². The number of anilines is 1. The van der Waals surface area contributed by atoms with Crippen LogP contribution in [-0.4, -0.2) is 29.4 Å². The van der Waals surface area contributed by atoms with Gasteiger partial charge in [-0.05, 0) is 41.1 Å². The second kappa shape index (κ2) is 6.63. The summed E-state index contributed by atoms with van der Waals surface area (Å²) in [6.07, 6.45) is -1.11. The number of Topliss-reactive ketones (excluding diaryl/α,β-unsaturated/α-hetero) is 1. The van der Waals surface area contributed by atoms with Crippen LogP contribution in [-0.2, 0) is 14.4 Å². The number of hydrogen-bond acceptors (Lipinski definition) is 5. The number of rotatable bonds is 3. The monoisotopic (exact) mass is 448 g/mol. The van der Waals surface area contributed by atoms with Crippen molar-refractivity contribution in [1.82, 2.24) is 0 Å². The van der Waals surface area contributed by atoms with Gasteiger partial charge in [-0.25, -0.2) is 4.90 Å². The molecule has 1 saturated heterocycles. The topological polar surface area (TPSA) is 76.0 Å². The number of benzene rings is 3. The van der Waals surface area contributed by atoms with Gasteiger partial charge in [-0.15, -0.1) is 0 Å². The molecule has 29 heavy (non-hydrogen) atoms. The molecule has 0 aliphatic carbocycles. The first-order chi connectivity index (χ1) is 14.0. The molecule has 6 nitrogen and oxygen atoms in total. The van der Waals surface area contributed by atoms with E-state index in [0.29, 0.717) is 11.3 Å². The van der Waals surface area contributed by atoms with E-state index in [-0.39, 0.29) is 5.71 Å². The minimum Gasteiger partial charge on any atom is -0.381 e. The maximum atomic E-state index is 13.1. The Labute approximate surface area is 173 Å². The normalized spacial score (nSPS) is 20.6. The van der Waals surface area contributed by atoms with Crippen LogP contribution >= 0.6 is 15.9 Å². The lowest BCUT2D eigenvalue weighted by molar-refractivity contribution is -0.126. The zero-order valence-corrected chi connectivity index (χ0v) is 16.5. The molecule has 7 heteroatoms. The number of ketones is 1. The number of carbonyl (C=O) groups excluding carboxylic acids is 3. The molecule has 0 aromatic heterocycles. The van der Waals surface area contributed by atoms with E-state index in [2.05, 4.69) is 21.1 Å². The molecule has 2 atom stereocenters. The summed E-state index contributed by atoms with van der Waals surface area (Å²) in [6, 6.07) is 19.7. The highest BCUT2D eigenvalue weighted by molar-refractivity contribution is 9.10. The second-order valence-electron chi connectivity index (χ2n) is 6.86. The minimum atomic E-state index is -1.11. The Bertz CT molecular complexity index is 1220. The molecule has 2 aliphatic rings. The quantitative estimate of drug-likeness (QED) is 0.451. The zero-order chi connectivity index (χ0) is 20.1. The van der Waals surface area contributed by atoms with Crippen LogP contribution in [0.3, 0.4) is 0 Å². The van der Waals surface area contributed by atoms with Gasteiger partial charge in [0.2, 0.25) is 17.8 Å². The predicted molar refractivity (Wildman–Crippen MR) is 111 cm³/mol. The highest BCUT2D eigenvalue weighted by Crippen LogP contribution is 2.34. The highest BCUT2D eigenvalue weighted by Gasteiger charge is 2.57. The maximum absolute atomic E-state index is 13.1. The van der Waals surface area contributed by atoms with E-state index in [1.54, 1.807) is 36.4 Å². The average molecular weight is 449 g/mol. The Morgan fingerprint density at radius 2 is 1.66 bits per heavy atom. The van der Waals surface area contributed by atoms with Crippen LogP contribution in [0.4, 0.5) is 5.69 Å². The molecule has 2 heterocycles. The van der Waals surface area contributed by atoms with Gasteiger partial charge < -0.3 is 4.84 Å². The van der Waals surface area contributed by atoms with Gasteiger partial charge in [0.25, 0.3) is 5.91 Å². The Morgan fingerprint density at radius 1 is 0.931 bits per heavy atom. The van der Waals surface area contributed by atoms with E-state index in [9.17, 15) is 14.4 Å². The third kappa shape index (κ3) is 2.77. The van der Waals surface area contributed by atoms with Crippen molar-refractivity contribution in [3.63, 3.8) is 0 Å². The lowest BCUT2D eigenvalue weighted by atomic mass is 9.92. The van der Waals surface area contributed by atoms with Crippen LogP contribution in [0.25, 0.3) is 10.8 Å². The summed E-state index contributed by atoms with van der Waals surface area (Å²) in [6.45, 7) is 0. The van der Waals surface area contributed by atoms with Crippen molar-refractivity contribution in [3.05, 3.63) is 76.8 Å². The molecular weight excluding hydrogens is 436 g/mol. The first-order valence-corrected chi connectivity index (χ1v) is 9.74. The number of oxime groups is 1. The summed E-state index contributed by atoms with van der Waals surface area (Å²) < 4.78 is 0.825. The van der Waals surface area contributed by atoms with E-state index in [0.717, 1.165) is 20.1 Å². The Morgan fingerprint density at radius 3 is 2.41 bits per heavy atom. The van der Waals surface area contributed by atoms with E-state index >= 15 is 0 Å². The summed E-state index contributed by atoms with van der Waals surface area (Å²) in [5.74, 6) is -2.48. The van der Waals surface area contributed by atoms with E-state index in [1.807, 2.05) is 30.3 Å². The van der Waals surface area contributed by atoms with Crippen molar-refractivity contribution in [2.75, 3.05) is 4.90 Å². The second-order valence-corrected chi connectivity index (χ2v) is 7.78. The molecule has 0 N–H and O–H groups in total. The van der Waals surface area contributed by atoms with Crippen molar-refractivity contribution in [2.24, 2.45) is 11.1 Å². The Kier molecular flexibility index (Phi) is 4.06. The smallest absolute Gasteiger partial charge is 0.278 e. The average Bonchev–Trinajstić information content (AvgIpc) is 3.28. The third-order valence-corrected chi connectivity index (χ3v) is 5.67. The number of halogens is 1. The zero-order valence-electron chi connectivity index (χ0n) is 14.9. The van der Waals surface area contributed by atoms with Crippen LogP contribution < -0.4 is 4.90 Å². The summed E-state index contributed by atoms with van der Waals surface area (Å²) in [4.78, 5) is 45.1. The van der Waals surface area contributed by atoms with Gasteiger partial charge in [-0.2, -0.15) is 0 Å². The summed E-state index contributed by atoms with van der Waals surface area (Å²) in [5, 5.41) is 5.71. The molecule has 3 aromatic rings. The molecule has 2 amide bonds. The fraction of sp³-hybridized carbons (Fsp3) is 0.0909. The standard InChI is InChI=1S/C22H13BrN2O4/c23-15-7-9-16(10-8-15)25-21(27)17-18(24-29-20(17)22(25)28)19(26)14-6-5-12-3-1-2-4-13(12)11-14/h1-11,17,20H/t17-,20-/m0/s1. The van der Waals surface area contributed by atoms with Crippen molar-refractivity contribution in [1.29, 1.82) is 0 Å². The van der Waals surface area contributed by atoms with Gasteiger partial charge in [0.15, 0.2) is 0 Å². The Hall–Kier alpha value is -3.32. The number of fused-ring (bicyclic) bond motifs is 2. The van der Waals surface area contributed by atoms with Gasteiger partial charge in [0, 0.05) is 10.0 Å². The van der Waals surface area contributed by atoms with Gasteiger partial charge in [-0.3, -0.25) is 14.4 Å². The molecule has 0 saturated carbocycles. The third-order valence-electron chi connectivity index (χ3n) is 5.14. The molecule has 0 unspecified atom stereocenters. The molecular formula is C22H13BrN2O4. The molecule has 0 radical (unpaired) electrons. The van der Waals surface area contributed by atoms with Gasteiger partial charge in [0.05, 0.1) is 5.69 Å². The summed E-state index contributed by atoms with van der Waals surface area (Å²) in [5.41, 5.74) is 0.788. The van der Waals surface area contributed by atoms with Crippen molar-refractivity contribution in [3.8, 4) is 0 Å². The molecule has 5 rings (SSSR count). The highest BCUT2D eigenvalue weighted by atomic mass is 79.9. The first-order valence-electron chi connectivity index (χ1n) is 8.95. The number of carbonyl (C=O) groups is 3. The Balaban J connectivity index is 1.48. The van der Waals surface area contributed by atoms with Crippen molar-refractivity contribution < 1.29 is 19.2 Å². The number of imide groups is 1. The predicted octanol–water partition coefficient (Wildman–Crippen LogP) is 3.73. The van der Waals surface area contributed by atoms with Crippen LogP contribution in [0.1, 0.15) is 10.4 Å². The lowest BCUT2D eigenvalue weighted by Crippen LogP contribution is -2.34. The summed E-state index contributed by atoms with van der Waals surface area (Å²) in [7, 11) is 0. The molecule has 0 spiro atoms. The summed E-state index contributed by atoms with van der Waals surface area (Å²) >= 11 is 3.33. The molecule has 1 fully saturated rings. The van der Waals surface area contributed by atoms with Crippen LogP contribution in [0, 0.1) is 5.92 Å². The van der Waals surface area contributed by atoms with Gasteiger partial charge in [-0.1, -0.05) is 57.5 Å². The SMILES string of the molecule is O=C(C1=NO[C@@H]2C(=O)N(c3ccc(Br)cc3)C(=O)[C@@H]12)c1ccc2ccccc2c1. The number of amides is 2. The fourth-order valence-corrected chi connectivity index (χ4v) is 3.95. The molecule has 3 aromatic carbocycles. The lowest BCUT2D eigenvalue weighted by Gasteiger charge is -2.15. The molecule has 0 bridgehead atoms. The number of hydrogen-bond donors (Lipinski definition) is 0. The van der Waals surface area contributed by atoms with Crippen molar-refractivity contribution >= 4 is 55.7 Å². The first kappa shape index (κ1) is 17.8. The van der Waals surface area contributed by atoms with Crippen LogP contribution in [0.15, 0.2) is 76.4 Å². The largest absolute Gasteiger partial charge is 0.381 e. The van der Waals surface area contributed by atoms with Crippen molar-refractivity contribution in [2.45, 2.75) is 6.10 Å². The fourth-order valence-electron chi connectivity index (χ4n) is 3.69. The number of nitrogens with zero attached hydrogens (tertiary/aromatic N) is 2. The van der Waals surface area contributed by atoms with Gasteiger partial charge in [0.1, 0.15) is 11.6 Å². The van der Waals surface area contributed by atoms with E-state index in [4.69, 9.17) is 4.84 Å². The maximum Gasteiger partial charge on any atom is 0.278 e. The van der Waals surface area contributed by atoms with Crippen LogP contribution in [0.5, 0.6) is 0 Å². The van der Waals surface area contributed by atoms with Crippen LogP contribution in [0.2, 0.25) is 0 Å². The molecule has 142 valence electrons. The van der Waals surface area contributed by atoms with E-state index in [1.165, 1.54) is 0 Å². The van der Waals surface area contributed by atoms with E-state index < -0.39 is 29.6 Å². The molecule has 2 aliphatic heterocycles.